The molecule has 0 aromatic carbocycles. The van der Waals surface area contributed by atoms with Gasteiger partial charge in [0.15, 0.2) is 6.10 Å². The van der Waals surface area contributed by atoms with Crippen LogP contribution in [0.25, 0.3) is 0 Å². The van der Waals surface area contributed by atoms with E-state index in [2.05, 4.69) is 26.4 Å². The van der Waals surface area contributed by atoms with Crippen molar-refractivity contribution >= 4 is 29.5 Å². The predicted molar refractivity (Wildman–Crippen MR) is 109 cm³/mol. The molecule has 0 aliphatic carbocycles. The van der Waals surface area contributed by atoms with E-state index in [4.69, 9.17) is 9.47 Å². The summed E-state index contributed by atoms with van der Waals surface area (Å²) in [6.45, 7) is 4.60. The van der Waals surface area contributed by atoms with Crippen LogP contribution in [0.1, 0.15) is 65.2 Å². The van der Waals surface area contributed by atoms with Crippen molar-refractivity contribution in [3.63, 3.8) is 0 Å². The minimum absolute atomic E-state index is 0.259. The Morgan fingerprint density at radius 2 is 1.38 bits per heavy atom. The predicted octanol–water partition coefficient (Wildman–Crippen LogP) is 5.41. The van der Waals surface area contributed by atoms with Gasteiger partial charge in [0.2, 0.25) is 0 Å². The highest BCUT2D eigenvalue weighted by molar-refractivity contribution is 8.03. The topological polar surface area (TPSA) is 35.5 Å². The minimum atomic E-state index is -0.415. The molecule has 3 nitrogen and oxygen atoms in total. The fourth-order valence-electron chi connectivity index (χ4n) is 2.95. The molecule has 0 fully saturated rings. The van der Waals surface area contributed by atoms with E-state index in [1.165, 1.54) is 39.2 Å². The van der Waals surface area contributed by atoms with Gasteiger partial charge < -0.3 is 9.47 Å². The van der Waals surface area contributed by atoms with E-state index in [-0.39, 0.29) is 5.97 Å². The third-order valence-corrected chi connectivity index (χ3v) is 7.01. The first-order valence-electron chi connectivity index (χ1n) is 9.16. The van der Waals surface area contributed by atoms with Gasteiger partial charge in [0.25, 0.3) is 0 Å². The van der Waals surface area contributed by atoms with Crippen molar-refractivity contribution in [2.24, 2.45) is 5.92 Å². The number of esters is 1. The van der Waals surface area contributed by atoms with E-state index in [9.17, 15) is 4.79 Å². The van der Waals surface area contributed by atoms with E-state index in [1.54, 1.807) is 7.11 Å². The second-order valence-corrected chi connectivity index (χ2v) is 8.91. The van der Waals surface area contributed by atoms with Crippen LogP contribution in [-0.4, -0.2) is 49.3 Å². The van der Waals surface area contributed by atoms with Crippen molar-refractivity contribution in [1.29, 1.82) is 0 Å². The Hall–Kier alpha value is 0.130. The monoisotopic (exact) mass is 378 g/mol. The third-order valence-electron chi connectivity index (χ3n) is 4.49. The van der Waals surface area contributed by atoms with Crippen molar-refractivity contribution in [2.75, 3.05) is 26.7 Å². The van der Waals surface area contributed by atoms with E-state index in [0.717, 1.165) is 25.2 Å². The summed E-state index contributed by atoms with van der Waals surface area (Å²) in [7, 11) is 3.00. The SMILES string of the molecule is COC(=O)C(CCCC(SC)C(CCCCCC(C)C)SC)OC. The van der Waals surface area contributed by atoms with Crippen molar-refractivity contribution in [1.82, 2.24) is 0 Å². The summed E-state index contributed by atoms with van der Waals surface area (Å²) < 4.78 is 10.0. The molecule has 0 bridgehead atoms. The maximum atomic E-state index is 11.6. The molecule has 5 heteroatoms. The number of thioether (sulfide) groups is 2. The lowest BCUT2D eigenvalue weighted by Gasteiger charge is -2.25. The number of hydrogen-bond donors (Lipinski definition) is 0. The molecule has 144 valence electrons. The molecule has 0 N–H and O–H groups in total. The zero-order chi connectivity index (χ0) is 18.4. The van der Waals surface area contributed by atoms with Gasteiger partial charge in [0, 0.05) is 17.6 Å². The molecule has 0 spiro atoms. The normalized spacial score (nSPS) is 15.3. The molecule has 0 aliphatic heterocycles. The number of carbonyl (C=O) groups excluding carboxylic acids is 1. The van der Waals surface area contributed by atoms with Crippen LogP contribution >= 0.6 is 23.5 Å². The van der Waals surface area contributed by atoms with E-state index < -0.39 is 6.10 Å². The first kappa shape index (κ1) is 24.1. The van der Waals surface area contributed by atoms with Gasteiger partial charge in [-0.3, -0.25) is 0 Å². The molecular weight excluding hydrogens is 340 g/mol. The lowest BCUT2D eigenvalue weighted by atomic mass is 10.0. The van der Waals surface area contributed by atoms with E-state index in [0.29, 0.717) is 10.5 Å². The van der Waals surface area contributed by atoms with Crippen LogP contribution in [-0.2, 0) is 14.3 Å². The van der Waals surface area contributed by atoms with Crippen LogP contribution < -0.4 is 0 Å². The molecule has 24 heavy (non-hydrogen) atoms. The molecule has 3 unspecified atom stereocenters. The summed E-state index contributed by atoms with van der Waals surface area (Å²) >= 11 is 3.97. The van der Waals surface area contributed by atoms with Crippen molar-refractivity contribution < 1.29 is 14.3 Å². The molecule has 0 rings (SSSR count). The molecule has 0 saturated heterocycles. The lowest BCUT2D eigenvalue weighted by molar-refractivity contribution is -0.152. The first-order valence-corrected chi connectivity index (χ1v) is 11.7. The molecule has 0 saturated carbocycles. The standard InChI is InChI=1S/C19H38O3S2/c1-15(2)11-8-7-9-13-17(23-5)18(24-6)14-10-12-16(21-3)19(20)22-4/h15-18H,7-14H2,1-6H3. The molecule has 0 radical (unpaired) electrons. The molecule has 0 heterocycles. The average Bonchev–Trinajstić information content (AvgIpc) is 2.58. The third kappa shape index (κ3) is 10.9. The Morgan fingerprint density at radius 1 is 0.833 bits per heavy atom. The number of hydrogen-bond acceptors (Lipinski definition) is 5. The Balaban J connectivity index is 4.15. The highest BCUT2D eigenvalue weighted by atomic mass is 32.2. The number of unbranched alkanes of at least 4 members (excludes halogenated alkanes) is 2. The van der Waals surface area contributed by atoms with Gasteiger partial charge in [-0.1, -0.05) is 39.5 Å². The fraction of sp³-hybridized carbons (Fsp3) is 0.947. The van der Waals surface area contributed by atoms with Gasteiger partial charge in [0.05, 0.1) is 7.11 Å². The van der Waals surface area contributed by atoms with Crippen molar-refractivity contribution in [2.45, 2.75) is 81.8 Å². The Kier molecular flexibility index (Phi) is 15.5. The number of carbonyl (C=O) groups is 1. The van der Waals surface area contributed by atoms with Gasteiger partial charge in [-0.25, -0.2) is 4.79 Å². The maximum Gasteiger partial charge on any atom is 0.334 e. The summed E-state index contributed by atoms with van der Waals surface area (Å²) in [5.41, 5.74) is 0. The summed E-state index contributed by atoms with van der Waals surface area (Å²) in [6, 6.07) is 0. The fourth-order valence-corrected chi connectivity index (χ4v) is 5.30. The summed E-state index contributed by atoms with van der Waals surface area (Å²) in [5.74, 6) is 0.564. The highest BCUT2D eigenvalue weighted by Gasteiger charge is 2.22. The van der Waals surface area contributed by atoms with Gasteiger partial charge >= 0.3 is 5.97 Å². The van der Waals surface area contributed by atoms with E-state index >= 15 is 0 Å². The molecule has 0 amide bonds. The number of rotatable bonds is 15. The first-order chi connectivity index (χ1) is 11.5. The smallest absolute Gasteiger partial charge is 0.334 e. The molecule has 3 atom stereocenters. The van der Waals surface area contributed by atoms with Gasteiger partial charge in [0.1, 0.15) is 0 Å². The lowest BCUT2D eigenvalue weighted by Crippen LogP contribution is -2.25. The average molecular weight is 379 g/mol. The van der Waals surface area contributed by atoms with Gasteiger partial charge in [-0.2, -0.15) is 23.5 Å². The summed E-state index contributed by atoms with van der Waals surface area (Å²) in [6.07, 6.45) is 13.6. The van der Waals surface area contributed by atoms with E-state index in [1.807, 2.05) is 23.5 Å². The van der Waals surface area contributed by atoms with Crippen LogP contribution in [0.3, 0.4) is 0 Å². The molecule has 0 aromatic heterocycles. The van der Waals surface area contributed by atoms with Crippen molar-refractivity contribution in [3.05, 3.63) is 0 Å². The van der Waals surface area contributed by atoms with Crippen LogP contribution in [0.2, 0.25) is 0 Å². The second-order valence-electron chi connectivity index (χ2n) is 6.76. The molecular formula is C19H38O3S2. The number of ether oxygens (including phenoxy) is 2. The number of methoxy groups -OCH3 is 2. The van der Waals surface area contributed by atoms with Crippen LogP contribution in [0.5, 0.6) is 0 Å². The van der Waals surface area contributed by atoms with Crippen LogP contribution in [0.15, 0.2) is 0 Å². The Labute approximate surface area is 158 Å². The Bertz CT molecular complexity index is 311. The highest BCUT2D eigenvalue weighted by Crippen LogP contribution is 2.30. The Morgan fingerprint density at radius 3 is 1.83 bits per heavy atom. The second kappa shape index (κ2) is 15.4. The van der Waals surface area contributed by atoms with Crippen molar-refractivity contribution in [3.8, 4) is 0 Å². The quantitative estimate of drug-likeness (QED) is 0.281. The molecule has 0 aromatic rings. The maximum absolute atomic E-state index is 11.6. The van der Waals surface area contributed by atoms with Crippen LogP contribution in [0, 0.1) is 5.92 Å². The largest absolute Gasteiger partial charge is 0.467 e. The zero-order valence-electron chi connectivity index (χ0n) is 16.5. The molecule has 0 aliphatic rings. The summed E-state index contributed by atoms with van der Waals surface area (Å²) in [5, 5.41) is 1.36. The minimum Gasteiger partial charge on any atom is -0.467 e. The van der Waals surface area contributed by atoms with Gasteiger partial charge in [-0.05, 0) is 44.1 Å². The van der Waals surface area contributed by atoms with Crippen LogP contribution in [0.4, 0.5) is 0 Å². The van der Waals surface area contributed by atoms with Gasteiger partial charge in [-0.15, -0.1) is 0 Å². The summed E-state index contributed by atoms with van der Waals surface area (Å²) in [4.78, 5) is 11.6. The zero-order valence-corrected chi connectivity index (χ0v) is 18.1.